The molecule has 2 aliphatic heterocycles. The number of piperidine rings is 1. The van der Waals surface area contributed by atoms with Crippen molar-refractivity contribution in [2.24, 2.45) is 5.92 Å². The molecular weight excluding hydrogens is 252 g/mol. The highest BCUT2D eigenvalue weighted by Gasteiger charge is 2.24. The van der Waals surface area contributed by atoms with Crippen molar-refractivity contribution in [1.29, 1.82) is 0 Å². The maximum atomic E-state index is 11.8. The minimum absolute atomic E-state index is 0.239. The van der Waals surface area contributed by atoms with Crippen LogP contribution in [0.25, 0.3) is 0 Å². The molecule has 5 heteroatoms. The number of carbonyl (C=O) groups excluding carboxylic acids is 1. The van der Waals surface area contributed by atoms with E-state index in [1.54, 1.807) is 0 Å². The fourth-order valence-corrected chi connectivity index (χ4v) is 3.29. The number of rotatable bonds is 5. The Morgan fingerprint density at radius 1 is 1.05 bits per heavy atom. The van der Waals surface area contributed by atoms with E-state index in [0.717, 1.165) is 32.1 Å². The van der Waals surface area contributed by atoms with Gasteiger partial charge in [0.1, 0.15) is 0 Å². The lowest BCUT2D eigenvalue weighted by Gasteiger charge is -2.38. The summed E-state index contributed by atoms with van der Waals surface area (Å²) in [7, 11) is 1.83. The molecule has 0 aliphatic carbocycles. The monoisotopic (exact) mass is 282 g/mol. The van der Waals surface area contributed by atoms with Crippen molar-refractivity contribution in [3.8, 4) is 0 Å². The van der Waals surface area contributed by atoms with Crippen LogP contribution in [0.15, 0.2) is 0 Å². The molecule has 0 saturated carbocycles. The molecular formula is C15H30N4O. The van der Waals surface area contributed by atoms with Crippen LogP contribution in [0.5, 0.6) is 0 Å². The van der Waals surface area contributed by atoms with Crippen molar-refractivity contribution < 1.29 is 4.79 Å². The van der Waals surface area contributed by atoms with Gasteiger partial charge < -0.3 is 15.1 Å². The Balaban J connectivity index is 1.66. The van der Waals surface area contributed by atoms with E-state index in [2.05, 4.69) is 22.0 Å². The first-order valence-corrected chi connectivity index (χ1v) is 8.10. The minimum atomic E-state index is 0.239. The zero-order chi connectivity index (χ0) is 14.4. The Kier molecular flexibility index (Phi) is 6.26. The molecule has 2 aliphatic rings. The van der Waals surface area contributed by atoms with Crippen molar-refractivity contribution in [2.45, 2.75) is 19.8 Å². The molecule has 1 amide bonds. The van der Waals surface area contributed by atoms with E-state index in [-0.39, 0.29) is 5.91 Å². The Morgan fingerprint density at radius 3 is 2.25 bits per heavy atom. The van der Waals surface area contributed by atoms with Gasteiger partial charge in [-0.3, -0.25) is 9.69 Å². The van der Waals surface area contributed by atoms with Crippen molar-refractivity contribution >= 4 is 5.91 Å². The van der Waals surface area contributed by atoms with Crippen LogP contribution in [-0.2, 0) is 4.79 Å². The molecule has 0 aromatic rings. The van der Waals surface area contributed by atoms with Crippen LogP contribution in [0.3, 0.4) is 0 Å². The molecule has 2 saturated heterocycles. The highest BCUT2D eigenvalue weighted by atomic mass is 16.2. The van der Waals surface area contributed by atoms with E-state index in [4.69, 9.17) is 0 Å². The number of nitrogens with one attached hydrogen (secondary N) is 1. The molecule has 0 aromatic heterocycles. The second-order valence-corrected chi connectivity index (χ2v) is 6.09. The Bertz CT molecular complexity index is 294. The third-order valence-electron chi connectivity index (χ3n) is 4.72. The number of carbonyl (C=O) groups is 1. The zero-order valence-electron chi connectivity index (χ0n) is 13.1. The average molecular weight is 282 g/mol. The molecule has 0 aromatic carbocycles. The number of amides is 1. The first kappa shape index (κ1) is 15.7. The third-order valence-corrected chi connectivity index (χ3v) is 4.72. The molecule has 1 N–H and O–H groups in total. The van der Waals surface area contributed by atoms with Gasteiger partial charge in [-0.2, -0.15) is 0 Å². The maximum Gasteiger partial charge on any atom is 0.236 e. The number of piperazine rings is 1. The van der Waals surface area contributed by atoms with E-state index in [9.17, 15) is 4.79 Å². The molecule has 0 bridgehead atoms. The molecule has 2 fully saturated rings. The van der Waals surface area contributed by atoms with Gasteiger partial charge in [-0.05, 0) is 45.4 Å². The van der Waals surface area contributed by atoms with Crippen molar-refractivity contribution in [2.75, 3.05) is 66.0 Å². The molecule has 5 nitrogen and oxygen atoms in total. The largest absolute Gasteiger partial charge is 0.339 e. The van der Waals surface area contributed by atoms with Crippen molar-refractivity contribution in [1.82, 2.24) is 20.0 Å². The highest BCUT2D eigenvalue weighted by Crippen LogP contribution is 2.18. The average Bonchev–Trinajstić information content (AvgIpc) is 2.49. The summed E-state index contributed by atoms with van der Waals surface area (Å²) in [6.45, 7) is 11.6. The second kappa shape index (κ2) is 7.96. The van der Waals surface area contributed by atoms with Gasteiger partial charge in [0, 0.05) is 32.7 Å². The topological polar surface area (TPSA) is 38.8 Å². The molecule has 2 heterocycles. The predicted octanol–water partition coefficient (Wildman–Crippen LogP) is 0.0819. The number of hydrogen-bond donors (Lipinski definition) is 1. The minimum Gasteiger partial charge on any atom is -0.339 e. The molecule has 0 unspecified atom stereocenters. The highest BCUT2D eigenvalue weighted by molar-refractivity contribution is 5.78. The third kappa shape index (κ3) is 4.43. The van der Waals surface area contributed by atoms with E-state index in [0.29, 0.717) is 6.54 Å². The maximum absolute atomic E-state index is 11.8. The van der Waals surface area contributed by atoms with E-state index >= 15 is 0 Å². The van der Waals surface area contributed by atoms with Crippen molar-refractivity contribution in [3.05, 3.63) is 0 Å². The van der Waals surface area contributed by atoms with Gasteiger partial charge in [0.2, 0.25) is 5.91 Å². The number of likely N-dealkylation sites (N-methyl/N-ethyl adjacent to an activating group) is 1. The summed E-state index contributed by atoms with van der Waals surface area (Å²) >= 11 is 0. The van der Waals surface area contributed by atoms with Gasteiger partial charge in [-0.1, -0.05) is 6.92 Å². The molecule has 0 radical (unpaired) electrons. The first-order valence-electron chi connectivity index (χ1n) is 8.10. The quantitative estimate of drug-likeness (QED) is 0.775. The lowest BCUT2D eigenvalue weighted by molar-refractivity contribution is -0.131. The van der Waals surface area contributed by atoms with Gasteiger partial charge >= 0.3 is 0 Å². The SMILES string of the molecule is CCN1CCC(CN2CCN(C(=O)CNC)CC2)CC1. The van der Waals surface area contributed by atoms with Crippen LogP contribution in [0.4, 0.5) is 0 Å². The summed E-state index contributed by atoms with van der Waals surface area (Å²) in [4.78, 5) is 18.9. The van der Waals surface area contributed by atoms with Crippen molar-refractivity contribution in [3.63, 3.8) is 0 Å². The number of nitrogens with zero attached hydrogens (tertiary/aromatic N) is 3. The molecule has 0 spiro atoms. The van der Waals surface area contributed by atoms with Gasteiger partial charge in [0.25, 0.3) is 0 Å². The summed E-state index contributed by atoms with van der Waals surface area (Å²) in [6.07, 6.45) is 2.68. The standard InChI is InChI=1S/C15H30N4O/c1-3-17-6-4-14(5-7-17)13-18-8-10-19(11-9-18)15(20)12-16-2/h14,16H,3-13H2,1-2H3. The first-order chi connectivity index (χ1) is 9.72. The molecule has 20 heavy (non-hydrogen) atoms. The predicted molar refractivity (Wildman–Crippen MR) is 81.8 cm³/mol. The van der Waals surface area contributed by atoms with E-state index in [1.165, 1.54) is 39.0 Å². The Hall–Kier alpha value is -0.650. The lowest BCUT2D eigenvalue weighted by atomic mass is 9.96. The van der Waals surface area contributed by atoms with Crippen LogP contribution < -0.4 is 5.32 Å². The fourth-order valence-electron chi connectivity index (χ4n) is 3.29. The zero-order valence-corrected chi connectivity index (χ0v) is 13.1. The van der Waals surface area contributed by atoms with Gasteiger partial charge in [-0.25, -0.2) is 0 Å². The molecule has 0 atom stereocenters. The summed E-state index contributed by atoms with van der Waals surface area (Å²) < 4.78 is 0. The second-order valence-electron chi connectivity index (χ2n) is 6.09. The van der Waals surface area contributed by atoms with Gasteiger partial charge in [0.05, 0.1) is 6.54 Å². The van der Waals surface area contributed by atoms with E-state index < -0.39 is 0 Å². The van der Waals surface area contributed by atoms with Crippen LogP contribution >= 0.6 is 0 Å². The van der Waals surface area contributed by atoms with Crippen LogP contribution in [0, 0.1) is 5.92 Å². The number of hydrogen-bond acceptors (Lipinski definition) is 4. The Morgan fingerprint density at radius 2 is 1.70 bits per heavy atom. The summed E-state index contributed by atoms with van der Waals surface area (Å²) in [6, 6.07) is 0. The van der Waals surface area contributed by atoms with E-state index in [1.807, 2.05) is 11.9 Å². The number of likely N-dealkylation sites (tertiary alicyclic amines) is 1. The van der Waals surface area contributed by atoms with Crippen LogP contribution in [0.2, 0.25) is 0 Å². The Labute approximate surface area is 123 Å². The summed E-state index contributed by atoms with van der Waals surface area (Å²) in [5.41, 5.74) is 0. The van der Waals surface area contributed by atoms with Crippen LogP contribution in [0.1, 0.15) is 19.8 Å². The smallest absolute Gasteiger partial charge is 0.236 e. The van der Waals surface area contributed by atoms with Gasteiger partial charge in [-0.15, -0.1) is 0 Å². The summed E-state index contributed by atoms with van der Waals surface area (Å²) in [5, 5.41) is 2.94. The lowest BCUT2D eigenvalue weighted by Crippen LogP contribution is -2.52. The van der Waals surface area contributed by atoms with Crippen LogP contribution in [-0.4, -0.2) is 86.6 Å². The molecule has 2 rings (SSSR count). The normalized spacial score (nSPS) is 23.2. The summed E-state index contributed by atoms with van der Waals surface area (Å²) in [5.74, 6) is 1.10. The fraction of sp³-hybridized carbons (Fsp3) is 0.933. The van der Waals surface area contributed by atoms with Gasteiger partial charge in [0.15, 0.2) is 0 Å². The molecule has 116 valence electrons.